The van der Waals surface area contributed by atoms with Gasteiger partial charge in [-0.3, -0.25) is 9.59 Å². The average Bonchev–Trinajstić information content (AvgIpc) is 2.60. The number of carbonyl (C=O) groups excluding carboxylic acids is 2. The van der Waals surface area contributed by atoms with Gasteiger partial charge in [-0.05, 0) is 12.1 Å². The number of hydrogen-bond acceptors (Lipinski definition) is 4. The molecule has 0 amide bonds. The molecule has 0 saturated heterocycles. The van der Waals surface area contributed by atoms with Gasteiger partial charge in [0.15, 0.2) is 0 Å². The van der Waals surface area contributed by atoms with E-state index in [1.165, 1.54) is 0 Å². The van der Waals surface area contributed by atoms with Gasteiger partial charge in [-0.2, -0.15) is 0 Å². The minimum Gasteiger partial charge on any atom is -0.377 e. The SMILES string of the molecule is C=CCNC1=C(Nc2ccccc2)C(=O)c2ccccc2C1=O. The molecule has 4 heteroatoms. The second kappa shape index (κ2) is 6.32. The smallest absolute Gasteiger partial charge is 0.212 e. The Bertz CT molecular complexity index is 807. The highest BCUT2D eigenvalue weighted by atomic mass is 16.1. The first-order chi connectivity index (χ1) is 11.2. The van der Waals surface area contributed by atoms with Gasteiger partial charge in [0.05, 0.1) is 0 Å². The van der Waals surface area contributed by atoms with E-state index >= 15 is 0 Å². The van der Waals surface area contributed by atoms with Crippen LogP contribution < -0.4 is 10.6 Å². The summed E-state index contributed by atoms with van der Waals surface area (Å²) < 4.78 is 0. The first-order valence-corrected chi connectivity index (χ1v) is 7.32. The van der Waals surface area contributed by atoms with Gasteiger partial charge in [-0.15, -0.1) is 6.58 Å². The summed E-state index contributed by atoms with van der Waals surface area (Å²) in [6.07, 6.45) is 1.64. The van der Waals surface area contributed by atoms with Gasteiger partial charge in [0, 0.05) is 23.4 Å². The van der Waals surface area contributed by atoms with E-state index in [1.807, 2.05) is 30.3 Å². The van der Waals surface area contributed by atoms with Crippen LogP contribution in [0.25, 0.3) is 0 Å². The molecule has 0 radical (unpaired) electrons. The zero-order chi connectivity index (χ0) is 16.2. The molecule has 0 spiro atoms. The number of nitrogens with one attached hydrogen (secondary N) is 2. The van der Waals surface area contributed by atoms with Crippen LogP contribution in [0.5, 0.6) is 0 Å². The fraction of sp³-hybridized carbons (Fsp3) is 0.0526. The molecule has 3 rings (SSSR count). The van der Waals surface area contributed by atoms with Crippen molar-refractivity contribution in [3.8, 4) is 0 Å². The number of ketones is 2. The highest BCUT2D eigenvalue weighted by Crippen LogP contribution is 2.26. The van der Waals surface area contributed by atoms with Crippen LogP contribution in [0.4, 0.5) is 5.69 Å². The highest BCUT2D eigenvalue weighted by Gasteiger charge is 2.32. The molecule has 114 valence electrons. The number of anilines is 1. The molecule has 1 aliphatic carbocycles. The summed E-state index contributed by atoms with van der Waals surface area (Å²) in [5, 5.41) is 6.06. The maximum atomic E-state index is 12.8. The lowest BCUT2D eigenvalue weighted by Gasteiger charge is -2.22. The van der Waals surface area contributed by atoms with Crippen molar-refractivity contribution in [1.29, 1.82) is 0 Å². The van der Waals surface area contributed by atoms with Crippen molar-refractivity contribution >= 4 is 17.3 Å². The molecular formula is C19H16N2O2. The van der Waals surface area contributed by atoms with E-state index in [0.29, 0.717) is 17.7 Å². The number of rotatable bonds is 5. The average molecular weight is 304 g/mol. The maximum Gasteiger partial charge on any atom is 0.212 e. The summed E-state index contributed by atoms with van der Waals surface area (Å²) >= 11 is 0. The normalized spacial score (nSPS) is 13.6. The van der Waals surface area contributed by atoms with Crippen LogP contribution in [0, 0.1) is 0 Å². The van der Waals surface area contributed by atoms with Gasteiger partial charge in [-0.1, -0.05) is 48.5 Å². The summed E-state index contributed by atoms with van der Waals surface area (Å²) in [5.74, 6) is -0.393. The van der Waals surface area contributed by atoms with Crippen molar-refractivity contribution in [1.82, 2.24) is 5.32 Å². The predicted molar refractivity (Wildman–Crippen MR) is 90.4 cm³/mol. The third-order valence-corrected chi connectivity index (χ3v) is 3.59. The van der Waals surface area contributed by atoms with Crippen molar-refractivity contribution in [3.05, 3.63) is 89.8 Å². The maximum absolute atomic E-state index is 12.8. The zero-order valence-corrected chi connectivity index (χ0v) is 12.5. The molecule has 0 heterocycles. The summed E-state index contributed by atoms with van der Waals surface area (Å²) in [6.45, 7) is 4.04. The molecule has 23 heavy (non-hydrogen) atoms. The number of carbonyl (C=O) groups is 2. The molecule has 2 aromatic rings. The number of Topliss-reactive ketones (excluding diaryl/α,β-unsaturated/α-hetero) is 2. The van der Waals surface area contributed by atoms with Crippen molar-refractivity contribution in [2.75, 3.05) is 11.9 Å². The largest absolute Gasteiger partial charge is 0.377 e. The standard InChI is InChI=1S/C19H16N2O2/c1-2-12-20-16-17(21-13-8-4-3-5-9-13)19(23)15-11-7-6-10-14(15)18(16)22/h2-11,20-21H,1,12H2. The van der Waals surface area contributed by atoms with E-state index in [2.05, 4.69) is 17.2 Å². The first kappa shape index (κ1) is 14.8. The molecule has 0 unspecified atom stereocenters. The topological polar surface area (TPSA) is 58.2 Å². The van der Waals surface area contributed by atoms with Gasteiger partial charge in [-0.25, -0.2) is 0 Å². The Hall–Kier alpha value is -3.14. The van der Waals surface area contributed by atoms with Gasteiger partial charge >= 0.3 is 0 Å². The predicted octanol–water partition coefficient (Wildman–Crippen LogP) is 3.16. The summed E-state index contributed by atoms with van der Waals surface area (Å²) in [7, 11) is 0. The van der Waals surface area contributed by atoms with Crippen molar-refractivity contribution in [2.45, 2.75) is 0 Å². The van der Waals surface area contributed by atoms with Crippen molar-refractivity contribution in [3.63, 3.8) is 0 Å². The van der Waals surface area contributed by atoms with Crippen LogP contribution in [0.3, 0.4) is 0 Å². The van der Waals surface area contributed by atoms with Crippen LogP contribution in [0.2, 0.25) is 0 Å². The quantitative estimate of drug-likeness (QED) is 0.833. The van der Waals surface area contributed by atoms with Crippen LogP contribution in [0.15, 0.2) is 78.6 Å². The third-order valence-electron chi connectivity index (χ3n) is 3.59. The van der Waals surface area contributed by atoms with Gasteiger partial charge in [0.2, 0.25) is 11.6 Å². The molecule has 2 aromatic carbocycles. The second-order valence-corrected chi connectivity index (χ2v) is 5.11. The van der Waals surface area contributed by atoms with Crippen LogP contribution in [-0.4, -0.2) is 18.1 Å². The Morgan fingerprint density at radius 3 is 2.00 bits per heavy atom. The lowest BCUT2D eigenvalue weighted by Crippen LogP contribution is -2.33. The third kappa shape index (κ3) is 2.79. The van der Waals surface area contributed by atoms with Gasteiger partial charge < -0.3 is 10.6 Å². The Labute approximate surface area is 134 Å². The summed E-state index contributed by atoms with van der Waals surface area (Å²) in [4.78, 5) is 25.5. The number of allylic oxidation sites excluding steroid dienone is 2. The molecule has 0 aromatic heterocycles. The number of para-hydroxylation sites is 1. The minimum absolute atomic E-state index is 0.194. The first-order valence-electron chi connectivity index (χ1n) is 7.32. The van der Waals surface area contributed by atoms with Crippen LogP contribution in [-0.2, 0) is 0 Å². The number of fused-ring (bicyclic) bond motifs is 1. The molecule has 0 atom stereocenters. The monoisotopic (exact) mass is 304 g/mol. The zero-order valence-electron chi connectivity index (χ0n) is 12.5. The van der Waals surface area contributed by atoms with Crippen LogP contribution >= 0.6 is 0 Å². The molecule has 4 nitrogen and oxygen atoms in total. The van der Waals surface area contributed by atoms with E-state index in [-0.39, 0.29) is 23.0 Å². The lowest BCUT2D eigenvalue weighted by atomic mass is 9.90. The number of hydrogen-bond donors (Lipinski definition) is 2. The Morgan fingerprint density at radius 1 is 0.826 bits per heavy atom. The van der Waals surface area contributed by atoms with E-state index in [4.69, 9.17) is 0 Å². The molecule has 2 N–H and O–H groups in total. The van der Waals surface area contributed by atoms with E-state index in [9.17, 15) is 9.59 Å². The molecule has 0 saturated carbocycles. The fourth-order valence-corrected chi connectivity index (χ4v) is 2.50. The van der Waals surface area contributed by atoms with E-state index in [1.54, 1.807) is 30.3 Å². The molecule has 0 fully saturated rings. The second-order valence-electron chi connectivity index (χ2n) is 5.11. The lowest BCUT2D eigenvalue weighted by molar-refractivity contribution is 0.0970. The highest BCUT2D eigenvalue weighted by molar-refractivity contribution is 6.27. The minimum atomic E-state index is -0.199. The summed E-state index contributed by atoms with van der Waals surface area (Å²) in [5.41, 5.74) is 2.13. The molecule has 0 bridgehead atoms. The fourth-order valence-electron chi connectivity index (χ4n) is 2.50. The number of benzene rings is 2. The Kier molecular flexibility index (Phi) is 4.06. The van der Waals surface area contributed by atoms with Crippen molar-refractivity contribution in [2.24, 2.45) is 0 Å². The molecule has 0 aliphatic heterocycles. The Morgan fingerprint density at radius 2 is 1.39 bits per heavy atom. The van der Waals surface area contributed by atoms with Gasteiger partial charge in [0.25, 0.3) is 0 Å². The molecular weight excluding hydrogens is 288 g/mol. The van der Waals surface area contributed by atoms with E-state index in [0.717, 1.165) is 5.69 Å². The Balaban J connectivity index is 2.07. The van der Waals surface area contributed by atoms with Crippen LogP contribution in [0.1, 0.15) is 20.7 Å². The van der Waals surface area contributed by atoms with E-state index < -0.39 is 0 Å². The summed E-state index contributed by atoms with van der Waals surface area (Å²) in [6, 6.07) is 16.2. The van der Waals surface area contributed by atoms with Gasteiger partial charge in [0.1, 0.15) is 11.4 Å². The van der Waals surface area contributed by atoms with Crippen molar-refractivity contribution < 1.29 is 9.59 Å². The molecule has 1 aliphatic rings.